The minimum atomic E-state index is -2.19. The van der Waals surface area contributed by atoms with Crippen LogP contribution >= 0.6 is 0 Å². The van der Waals surface area contributed by atoms with E-state index in [1.165, 1.54) is 15.9 Å². The summed E-state index contributed by atoms with van der Waals surface area (Å²) < 4.78 is 51.4. The Hall–Kier alpha value is -6.98. The second-order valence-electron chi connectivity index (χ2n) is 20.7. The number of para-hydroxylation sites is 4. The second kappa shape index (κ2) is 18.6. The zero-order valence-corrected chi connectivity index (χ0v) is 44.5. The van der Waals surface area contributed by atoms with Crippen molar-refractivity contribution in [2.45, 2.75) is 65.5 Å². The Morgan fingerprint density at radius 2 is 1.18 bits per heavy atom. The third-order valence-electron chi connectivity index (χ3n) is 13.6. The van der Waals surface area contributed by atoms with Gasteiger partial charge in [-0.3, -0.25) is 0 Å². The van der Waals surface area contributed by atoms with Crippen LogP contribution < -0.4 is 29.8 Å². The Morgan fingerprint density at radius 1 is 0.549 bits per heavy atom. The number of anilines is 7. The van der Waals surface area contributed by atoms with E-state index in [0.29, 0.717) is 28.4 Å². The predicted octanol–water partition coefficient (Wildman–Crippen LogP) is 16.1. The van der Waals surface area contributed by atoms with Crippen molar-refractivity contribution in [2.24, 2.45) is 0 Å². The topological polar surface area (TPSA) is 31.8 Å². The van der Waals surface area contributed by atoms with Gasteiger partial charge in [-0.15, -0.1) is 47.9 Å². The van der Waals surface area contributed by atoms with Crippen LogP contribution in [0.4, 0.5) is 39.9 Å². The number of rotatable bonds is 8. The van der Waals surface area contributed by atoms with E-state index >= 15 is 0 Å². The number of hydrogen-bond donors (Lipinski definition) is 0. The molecule has 0 saturated carbocycles. The van der Waals surface area contributed by atoms with Gasteiger partial charge < -0.3 is 19.4 Å². The summed E-state index contributed by atoms with van der Waals surface area (Å²) in [5.74, 6) is 1.86. The zero-order chi connectivity index (χ0) is 52.7. The SMILES string of the molecule is [2H]c1c([2H])c([2H])c(-c2cccc(-c3cc(-c4ccccc4)cc(C(C)(C)C)c3)c2N2[CH-]N(c3[c-]c(Oc4[c-]c5c(cc4)[Si](C)(C)c4ccccc4N5c4cc(C(C)(C)C)ccn4)ccc3)c3ccccc32)c([2H])c1[2H].[Pt]. The van der Waals surface area contributed by atoms with Crippen molar-refractivity contribution in [2.75, 3.05) is 14.7 Å². The van der Waals surface area contributed by atoms with Crippen LogP contribution in [-0.2, 0) is 31.9 Å². The third kappa shape index (κ3) is 8.94. The molecular weight excluding hydrogens is 1060 g/mol. The van der Waals surface area contributed by atoms with Crippen molar-refractivity contribution in [3.05, 3.63) is 224 Å². The van der Waals surface area contributed by atoms with Crippen LogP contribution in [0.25, 0.3) is 33.4 Å². The number of fused-ring (bicyclic) bond motifs is 3. The van der Waals surface area contributed by atoms with Crippen molar-refractivity contribution >= 4 is 58.4 Å². The van der Waals surface area contributed by atoms with Crippen LogP contribution in [-0.4, -0.2) is 13.1 Å². The maximum Gasteiger partial charge on any atom is 0.135 e. The van der Waals surface area contributed by atoms with Gasteiger partial charge in [0.1, 0.15) is 5.82 Å². The molecule has 0 radical (unpaired) electrons. The van der Waals surface area contributed by atoms with Crippen LogP contribution in [0, 0.1) is 18.8 Å². The summed E-state index contributed by atoms with van der Waals surface area (Å²) in [5, 5.41) is 2.57. The average molecular weight is 1130 g/mol. The van der Waals surface area contributed by atoms with Gasteiger partial charge in [-0.05, 0) is 85.8 Å². The van der Waals surface area contributed by atoms with Gasteiger partial charge in [-0.25, -0.2) is 4.98 Å². The Kier molecular flexibility index (Phi) is 11.0. The maximum absolute atomic E-state index is 9.26. The molecule has 0 saturated heterocycles. The zero-order valence-electron chi connectivity index (χ0n) is 46.2. The van der Waals surface area contributed by atoms with E-state index in [-0.39, 0.29) is 49.5 Å². The van der Waals surface area contributed by atoms with Gasteiger partial charge in [0.15, 0.2) is 0 Å². The summed E-state index contributed by atoms with van der Waals surface area (Å²) in [6, 6.07) is 59.3. The van der Waals surface area contributed by atoms with Crippen LogP contribution in [0.5, 0.6) is 11.5 Å². The number of ether oxygens (including phenoxy) is 1. The minimum absolute atomic E-state index is 0. The standard InChI is InChI=1S/C64H57N4OSi.Pt/c1-63(2,3)48-35-36-65-61(40-48)68-57-31-17-18-32-59(57)70(7,8)60-34-33-52(42-58(60)68)69-51-26-19-25-50(41-51)66-43-67(56-30-16-15-29-55(56)66)62-53(45-23-13-10-14-24-45)27-20-28-54(62)47-37-46(44-21-11-9-12-22-44)38-49(39-47)64(4,5)6;/h9-40,43H,1-8H3;/q-3;/i10D,13D,14D,23D,24D;. The van der Waals surface area contributed by atoms with Gasteiger partial charge in [0.25, 0.3) is 0 Å². The van der Waals surface area contributed by atoms with Gasteiger partial charge in [0, 0.05) is 72.6 Å². The van der Waals surface area contributed by atoms with Crippen molar-refractivity contribution in [3.63, 3.8) is 0 Å². The molecule has 0 aliphatic carbocycles. The fourth-order valence-electron chi connectivity index (χ4n) is 9.78. The van der Waals surface area contributed by atoms with Crippen LogP contribution in [0.2, 0.25) is 13.1 Å². The average Bonchev–Trinajstić information content (AvgIpc) is 3.82. The van der Waals surface area contributed by atoms with E-state index < -0.39 is 26.2 Å². The van der Waals surface area contributed by atoms with Crippen molar-refractivity contribution in [3.8, 4) is 44.9 Å². The van der Waals surface area contributed by atoms with Gasteiger partial charge >= 0.3 is 0 Å². The second-order valence-corrected chi connectivity index (χ2v) is 25.0. The van der Waals surface area contributed by atoms with Crippen LogP contribution in [0.1, 0.15) is 59.5 Å². The molecule has 0 N–H and O–H groups in total. The molecule has 2 aliphatic rings. The first-order valence-corrected chi connectivity index (χ1v) is 26.9. The molecule has 9 aromatic rings. The Morgan fingerprint density at radius 3 is 1.92 bits per heavy atom. The maximum atomic E-state index is 9.26. The van der Waals surface area contributed by atoms with E-state index in [4.69, 9.17) is 13.8 Å². The fraction of sp³-hybridized carbons (Fsp3) is 0.156. The molecule has 0 amide bonds. The molecule has 1 aromatic heterocycles. The number of pyridine rings is 1. The first-order chi connectivity index (χ1) is 35.8. The first kappa shape index (κ1) is 41.8. The molecule has 8 aromatic carbocycles. The fourth-order valence-corrected chi connectivity index (χ4v) is 12.7. The van der Waals surface area contributed by atoms with E-state index in [2.05, 4.69) is 160 Å². The summed E-state index contributed by atoms with van der Waals surface area (Å²) >= 11 is 0. The Bertz CT molecular complexity index is 3700. The molecule has 0 spiro atoms. The summed E-state index contributed by atoms with van der Waals surface area (Å²) in [6.07, 6.45) is 1.90. The minimum Gasteiger partial charge on any atom is -0.509 e. The molecule has 11 rings (SSSR count). The molecule has 0 atom stereocenters. The summed E-state index contributed by atoms with van der Waals surface area (Å²) in [5.41, 5.74) is 11.6. The summed E-state index contributed by atoms with van der Waals surface area (Å²) in [4.78, 5) is 11.3. The monoisotopic (exact) mass is 1130 g/mol. The van der Waals surface area contributed by atoms with Crippen LogP contribution in [0.3, 0.4) is 0 Å². The number of benzene rings is 8. The molecule has 3 heterocycles. The Labute approximate surface area is 442 Å². The van der Waals surface area contributed by atoms with E-state index in [0.717, 1.165) is 56.4 Å². The molecule has 356 valence electrons. The van der Waals surface area contributed by atoms with Crippen molar-refractivity contribution in [1.29, 1.82) is 0 Å². The first-order valence-electron chi connectivity index (χ1n) is 26.4. The molecular formula is C64H57N4OPtSi-3. The van der Waals surface area contributed by atoms with E-state index in [1.54, 1.807) is 0 Å². The summed E-state index contributed by atoms with van der Waals surface area (Å²) in [7, 11) is -2.19. The largest absolute Gasteiger partial charge is 0.509 e. The van der Waals surface area contributed by atoms with E-state index in [1.807, 2.05) is 91.7 Å². The van der Waals surface area contributed by atoms with Crippen molar-refractivity contribution in [1.82, 2.24) is 4.98 Å². The van der Waals surface area contributed by atoms with Gasteiger partial charge in [0.2, 0.25) is 0 Å². The molecule has 71 heavy (non-hydrogen) atoms. The molecule has 2 aliphatic heterocycles. The molecule has 7 heteroatoms. The number of nitrogens with zero attached hydrogens (tertiary/aromatic N) is 4. The van der Waals surface area contributed by atoms with E-state index in [9.17, 15) is 2.74 Å². The normalized spacial score (nSPS) is 14.8. The Balaban J connectivity index is 0.00000657. The van der Waals surface area contributed by atoms with Gasteiger partial charge in [-0.2, -0.15) is 12.1 Å². The molecule has 0 bridgehead atoms. The predicted molar refractivity (Wildman–Crippen MR) is 295 cm³/mol. The van der Waals surface area contributed by atoms with Gasteiger partial charge in [-0.1, -0.05) is 182 Å². The van der Waals surface area contributed by atoms with Crippen LogP contribution in [0.15, 0.2) is 194 Å². The molecule has 0 fully saturated rings. The number of aromatic nitrogens is 1. The number of hydrogen-bond acceptors (Lipinski definition) is 5. The summed E-state index contributed by atoms with van der Waals surface area (Å²) in [6.45, 7) is 20.0. The molecule has 5 nitrogen and oxygen atoms in total. The van der Waals surface area contributed by atoms with Gasteiger partial charge in [0.05, 0.1) is 14.9 Å². The molecule has 0 unspecified atom stereocenters. The van der Waals surface area contributed by atoms with Crippen molar-refractivity contribution < 1.29 is 32.7 Å². The third-order valence-corrected chi connectivity index (χ3v) is 17.1. The smallest absolute Gasteiger partial charge is 0.135 e. The quantitative estimate of drug-likeness (QED) is 0.112.